The van der Waals surface area contributed by atoms with Crippen LogP contribution in [0, 0.1) is 0 Å². The Morgan fingerprint density at radius 2 is 1.66 bits per heavy atom. The minimum absolute atomic E-state index is 0.102. The van der Waals surface area contributed by atoms with Crippen molar-refractivity contribution in [3.05, 3.63) is 59.7 Å². The molecule has 0 fully saturated rings. The Labute approximate surface area is 189 Å². The van der Waals surface area contributed by atoms with E-state index >= 15 is 0 Å². The Morgan fingerprint density at radius 3 is 2.25 bits per heavy atom. The van der Waals surface area contributed by atoms with Crippen LogP contribution in [0.2, 0.25) is 0 Å². The van der Waals surface area contributed by atoms with Crippen molar-refractivity contribution in [2.45, 2.75) is 44.6 Å². The first-order valence-electron chi connectivity index (χ1n) is 10.8. The Hall–Kier alpha value is -3.13. The third-order valence-corrected chi connectivity index (χ3v) is 5.96. The molecule has 0 radical (unpaired) electrons. The van der Waals surface area contributed by atoms with Crippen molar-refractivity contribution in [1.82, 2.24) is 10.6 Å². The Kier molecular flexibility index (Phi) is 8.44. The lowest BCUT2D eigenvalue weighted by Crippen LogP contribution is -2.47. The number of nitrogens with one attached hydrogen (secondary N) is 2. The molecule has 0 aromatic heterocycles. The van der Waals surface area contributed by atoms with Crippen molar-refractivity contribution >= 4 is 27.7 Å². The number of fused-ring (bicyclic) bond motifs is 3. The predicted molar refractivity (Wildman–Crippen MR) is 124 cm³/mol. The predicted octanol–water partition coefficient (Wildman–Crippen LogP) is 3.27. The molecule has 170 valence electrons. The van der Waals surface area contributed by atoms with E-state index in [0.717, 1.165) is 46.9 Å². The summed E-state index contributed by atoms with van der Waals surface area (Å²) in [5.74, 6) is -0.536. The molecule has 2 N–H and O–H groups in total. The van der Waals surface area contributed by atoms with Gasteiger partial charge in [0.2, 0.25) is 16.2 Å². The lowest BCUT2D eigenvalue weighted by atomic mass is 9.98. The second-order valence-electron chi connectivity index (χ2n) is 7.68. The van der Waals surface area contributed by atoms with Gasteiger partial charge in [0.1, 0.15) is 12.6 Å². The minimum Gasteiger partial charge on any atom is -0.449 e. The lowest BCUT2D eigenvalue weighted by molar-refractivity contribution is -0.122. The molecule has 0 bridgehead atoms. The summed E-state index contributed by atoms with van der Waals surface area (Å²) >= 11 is 0. The molecule has 2 amide bonds. The van der Waals surface area contributed by atoms with Crippen LogP contribution in [0.5, 0.6) is 0 Å². The van der Waals surface area contributed by atoms with Crippen LogP contribution < -0.4 is 10.6 Å². The van der Waals surface area contributed by atoms with Crippen molar-refractivity contribution in [3.63, 3.8) is 0 Å². The number of alkyl carbamates (subject to hydrolysis) is 1. The molecule has 3 rings (SSSR count). The summed E-state index contributed by atoms with van der Waals surface area (Å²) in [6, 6.07) is 15.0. The largest absolute Gasteiger partial charge is 0.449 e. The molecule has 1 aliphatic carbocycles. The molecule has 2 aromatic carbocycles. The monoisotopic (exact) mass is 456 g/mol. The molecule has 0 aliphatic heterocycles. The number of rotatable bonds is 10. The average Bonchev–Trinajstić information content (AvgIpc) is 3.11. The Balaban J connectivity index is 1.63. The first-order chi connectivity index (χ1) is 15.5. The number of carbonyl (C=O) groups is 2. The summed E-state index contributed by atoms with van der Waals surface area (Å²) in [6.07, 6.45) is 1.91. The van der Waals surface area contributed by atoms with Crippen LogP contribution in [0.3, 0.4) is 0 Å². The SMILES string of the molecule is CCCCCNC(=O)[C@@H](CC=S(=O)=O)NC(=O)OCC1c2ccccc2-c2ccccc21. The highest BCUT2D eigenvalue weighted by Crippen LogP contribution is 2.44. The summed E-state index contributed by atoms with van der Waals surface area (Å²) in [6.45, 7) is 2.64. The zero-order chi connectivity index (χ0) is 22.9. The summed E-state index contributed by atoms with van der Waals surface area (Å²) in [4.78, 5) is 24.9. The highest BCUT2D eigenvalue weighted by molar-refractivity contribution is 7.71. The maximum Gasteiger partial charge on any atom is 0.407 e. The molecule has 32 heavy (non-hydrogen) atoms. The molecule has 0 saturated carbocycles. The molecule has 2 aromatic rings. The van der Waals surface area contributed by atoms with Gasteiger partial charge in [-0.2, -0.15) is 8.42 Å². The zero-order valence-electron chi connectivity index (χ0n) is 18.0. The summed E-state index contributed by atoms with van der Waals surface area (Å²) in [7, 11) is -2.43. The highest BCUT2D eigenvalue weighted by Gasteiger charge is 2.29. The van der Waals surface area contributed by atoms with Crippen molar-refractivity contribution in [1.29, 1.82) is 0 Å². The Bertz CT molecular complexity index is 1040. The molecule has 0 saturated heterocycles. The van der Waals surface area contributed by atoms with Gasteiger partial charge >= 0.3 is 6.09 Å². The maximum atomic E-state index is 12.5. The van der Waals surface area contributed by atoms with Crippen molar-refractivity contribution in [2.24, 2.45) is 0 Å². The van der Waals surface area contributed by atoms with E-state index in [0.29, 0.717) is 6.54 Å². The van der Waals surface area contributed by atoms with Gasteiger partial charge in [-0.05, 0) is 28.7 Å². The quantitative estimate of drug-likeness (QED) is 0.422. The zero-order valence-corrected chi connectivity index (χ0v) is 18.9. The fraction of sp³-hybridized carbons (Fsp3) is 0.375. The van der Waals surface area contributed by atoms with Crippen LogP contribution in [0.25, 0.3) is 11.1 Å². The number of amides is 2. The lowest BCUT2D eigenvalue weighted by Gasteiger charge is -2.18. The standard InChI is InChI=1S/C24H28N2O5S/c1-2-3-8-14-25-23(27)22(13-15-32(29)30)26-24(28)31-16-21-19-11-6-4-9-17(19)18-10-5-7-12-20(18)21/h4-7,9-12,15,21-22H,2-3,8,13-14,16H2,1H3,(H,25,27)(H,26,28)/t22-/m1/s1. The van der Waals surface area contributed by atoms with Gasteiger partial charge in [0.05, 0.1) is 0 Å². The third kappa shape index (κ3) is 5.97. The summed E-state index contributed by atoms with van der Waals surface area (Å²) < 4.78 is 27.3. The molecule has 0 heterocycles. The second kappa shape index (κ2) is 11.5. The van der Waals surface area contributed by atoms with Crippen molar-refractivity contribution in [2.75, 3.05) is 13.2 Å². The van der Waals surface area contributed by atoms with Gasteiger partial charge < -0.3 is 15.4 Å². The number of hydrogen-bond donors (Lipinski definition) is 2. The smallest absolute Gasteiger partial charge is 0.407 e. The fourth-order valence-corrected chi connectivity index (χ4v) is 4.25. The maximum absolute atomic E-state index is 12.5. The number of carbonyl (C=O) groups excluding carboxylic acids is 2. The number of benzene rings is 2. The molecule has 8 heteroatoms. The van der Waals surface area contributed by atoms with E-state index in [1.807, 2.05) is 48.5 Å². The van der Waals surface area contributed by atoms with E-state index in [4.69, 9.17) is 4.74 Å². The van der Waals surface area contributed by atoms with Gasteiger partial charge in [0, 0.05) is 24.3 Å². The van der Waals surface area contributed by atoms with Gasteiger partial charge in [-0.15, -0.1) is 0 Å². The third-order valence-electron chi connectivity index (χ3n) is 5.50. The van der Waals surface area contributed by atoms with E-state index in [-0.39, 0.29) is 18.9 Å². The van der Waals surface area contributed by atoms with E-state index in [1.54, 1.807) is 0 Å². The molecule has 1 atom stereocenters. The van der Waals surface area contributed by atoms with Gasteiger partial charge in [-0.1, -0.05) is 68.3 Å². The molecule has 1 aliphatic rings. The molecular weight excluding hydrogens is 428 g/mol. The van der Waals surface area contributed by atoms with Crippen LogP contribution in [-0.2, 0) is 19.8 Å². The number of unbranched alkanes of at least 4 members (excludes halogenated alkanes) is 2. The topological polar surface area (TPSA) is 102 Å². The molecular formula is C24H28N2O5S. The van der Waals surface area contributed by atoms with Gasteiger partial charge in [-0.3, -0.25) is 4.79 Å². The normalized spacial score (nSPS) is 12.9. The van der Waals surface area contributed by atoms with E-state index in [9.17, 15) is 18.0 Å². The van der Waals surface area contributed by atoms with E-state index in [2.05, 4.69) is 17.6 Å². The van der Waals surface area contributed by atoms with Crippen LogP contribution in [-0.4, -0.2) is 45.0 Å². The van der Waals surface area contributed by atoms with E-state index in [1.165, 1.54) is 0 Å². The van der Waals surface area contributed by atoms with Crippen LogP contribution >= 0.6 is 0 Å². The van der Waals surface area contributed by atoms with Gasteiger partial charge in [-0.25, -0.2) is 4.79 Å². The second-order valence-corrected chi connectivity index (χ2v) is 8.54. The minimum atomic E-state index is -2.43. The summed E-state index contributed by atoms with van der Waals surface area (Å²) in [5, 5.41) is 6.21. The fourth-order valence-electron chi connectivity index (χ4n) is 3.90. The average molecular weight is 457 g/mol. The molecule has 0 unspecified atom stereocenters. The highest BCUT2D eigenvalue weighted by atomic mass is 32.2. The van der Waals surface area contributed by atoms with Gasteiger partial charge in [0.15, 0.2) is 0 Å². The number of hydrogen-bond acceptors (Lipinski definition) is 5. The van der Waals surface area contributed by atoms with Crippen molar-refractivity contribution < 1.29 is 22.7 Å². The first-order valence-corrected chi connectivity index (χ1v) is 12.0. The Morgan fingerprint density at radius 1 is 1.03 bits per heavy atom. The van der Waals surface area contributed by atoms with E-state index < -0.39 is 28.3 Å². The van der Waals surface area contributed by atoms with Gasteiger partial charge in [0.25, 0.3) is 0 Å². The molecule has 0 spiro atoms. The van der Waals surface area contributed by atoms with Crippen LogP contribution in [0.15, 0.2) is 48.5 Å². The molecule has 7 nitrogen and oxygen atoms in total. The summed E-state index contributed by atoms with van der Waals surface area (Å²) in [5.41, 5.74) is 4.41. The van der Waals surface area contributed by atoms with Crippen LogP contribution in [0.4, 0.5) is 4.79 Å². The van der Waals surface area contributed by atoms with Crippen molar-refractivity contribution in [3.8, 4) is 11.1 Å². The van der Waals surface area contributed by atoms with Crippen LogP contribution in [0.1, 0.15) is 49.7 Å². The number of ether oxygens (including phenoxy) is 1. The first kappa shape index (κ1) is 23.5.